The van der Waals surface area contributed by atoms with Crippen LogP contribution in [0.1, 0.15) is 9.88 Å². The molecule has 0 amide bonds. The number of hydrogen-bond acceptors (Lipinski definition) is 5. The van der Waals surface area contributed by atoms with Gasteiger partial charge in [-0.3, -0.25) is 4.90 Å². The first-order valence-corrected chi connectivity index (χ1v) is 6.72. The molecule has 18 heavy (non-hydrogen) atoms. The molecule has 1 aromatic heterocycles. The SMILES string of the molecule is CN1CCN(Cc2ncc(/C=C/C(=O)O)s2)CC1. The number of aliphatic carboxylic acids is 1. The quantitative estimate of drug-likeness (QED) is 0.824. The van der Waals surface area contributed by atoms with Crippen LogP contribution in [-0.4, -0.2) is 59.1 Å². The maximum Gasteiger partial charge on any atom is 0.328 e. The topological polar surface area (TPSA) is 56.7 Å². The fourth-order valence-corrected chi connectivity index (χ4v) is 2.69. The monoisotopic (exact) mass is 267 g/mol. The molecule has 0 aliphatic carbocycles. The number of thiazole rings is 1. The fraction of sp³-hybridized carbons (Fsp3) is 0.500. The Kier molecular flexibility index (Phi) is 4.46. The van der Waals surface area contributed by atoms with E-state index >= 15 is 0 Å². The van der Waals surface area contributed by atoms with Crippen molar-refractivity contribution in [3.63, 3.8) is 0 Å². The first-order chi connectivity index (χ1) is 8.63. The molecule has 1 aromatic rings. The third-order valence-electron chi connectivity index (χ3n) is 2.92. The molecule has 1 N–H and O–H groups in total. The summed E-state index contributed by atoms with van der Waals surface area (Å²) < 4.78 is 0. The second kappa shape index (κ2) is 6.08. The lowest BCUT2D eigenvalue weighted by atomic mass is 10.3. The minimum Gasteiger partial charge on any atom is -0.478 e. The van der Waals surface area contributed by atoms with Gasteiger partial charge in [0.2, 0.25) is 0 Å². The van der Waals surface area contributed by atoms with Crippen LogP contribution in [0.3, 0.4) is 0 Å². The van der Waals surface area contributed by atoms with Gasteiger partial charge in [0.05, 0.1) is 6.54 Å². The summed E-state index contributed by atoms with van der Waals surface area (Å²) in [5, 5.41) is 9.60. The maximum absolute atomic E-state index is 10.4. The molecule has 2 heterocycles. The van der Waals surface area contributed by atoms with Gasteiger partial charge in [-0.15, -0.1) is 11.3 Å². The number of carbonyl (C=O) groups is 1. The van der Waals surface area contributed by atoms with Gasteiger partial charge >= 0.3 is 5.97 Å². The van der Waals surface area contributed by atoms with Gasteiger partial charge in [-0.05, 0) is 13.1 Å². The summed E-state index contributed by atoms with van der Waals surface area (Å²) in [7, 11) is 2.13. The number of carboxylic acid groups (broad SMARTS) is 1. The molecule has 0 saturated carbocycles. The average molecular weight is 267 g/mol. The average Bonchev–Trinajstić information content (AvgIpc) is 2.77. The van der Waals surface area contributed by atoms with Crippen LogP contribution in [0.4, 0.5) is 0 Å². The third kappa shape index (κ3) is 3.90. The standard InChI is InChI=1S/C12H17N3O2S/c1-14-4-6-15(7-5-14)9-11-13-8-10(18-11)2-3-12(16)17/h2-3,8H,4-7,9H2,1H3,(H,16,17)/b3-2+. The van der Waals surface area contributed by atoms with Crippen molar-refractivity contribution in [1.82, 2.24) is 14.8 Å². The number of rotatable bonds is 4. The first-order valence-electron chi connectivity index (χ1n) is 5.90. The van der Waals surface area contributed by atoms with Crippen LogP contribution >= 0.6 is 11.3 Å². The van der Waals surface area contributed by atoms with E-state index in [1.807, 2.05) is 0 Å². The van der Waals surface area contributed by atoms with E-state index in [0.717, 1.165) is 48.7 Å². The first kappa shape index (κ1) is 13.2. The Morgan fingerprint density at radius 3 is 2.89 bits per heavy atom. The lowest BCUT2D eigenvalue weighted by molar-refractivity contribution is -0.131. The van der Waals surface area contributed by atoms with E-state index in [1.165, 1.54) is 0 Å². The largest absolute Gasteiger partial charge is 0.478 e. The third-order valence-corrected chi connectivity index (χ3v) is 3.86. The van der Waals surface area contributed by atoms with Crippen LogP contribution in [0.5, 0.6) is 0 Å². The Bertz CT molecular complexity index is 436. The smallest absolute Gasteiger partial charge is 0.328 e. The van der Waals surface area contributed by atoms with Crippen LogP contribution in [0, 0.1) is 0 Å². The summed E-state index contributed by atoms with van der Waals surface area (Å²) in [5.41, 5.74) is 0. The van der Waals surface area contributed by atoms with E-state index in [0.29, 0.717) is 0 Å². The molecule has 0 bridgehead atoms. The Labute approximate surface area is 110 Å². The van der Waals surface area contributed by atoms with Crippen LogP contribution in [0.2, 0.25) is 0 Å². The summed E-state index contributed by atoms with van der Waals surface area (Å²) in [5.74, 6) is -0.927. The molecule has 2 rings (SSSR count). The number of aromatic nitrogens is 1. The summed E-state index contributed by atoms with van der Waals surface area (Å²) in [6, 6.07) is 0. The molecule has 0 unspecified atom stereocenters. The normalized spacial score (nSPS) is 18.5. The molecule has 1 aliphatic rings. The number of hydrogen-bond donors (Lipinski definition) is 1. The van der Waals surface area contributed by atoms with Crippen molar-refractivity contribution >= 4 is 23.4 Å². The van der Waals surface area contributed by atoms with Gasteiger partial charge in [0.1, 0.15) is 5.01 Å². The van der Waals surface area contributed by atoms with E-state index in [2.05, 4.69) is 21.8 Å². The highest BCUT2D eigenvalue weighted by Crippen LogP contribution is 2.17. The lowest BCUT2D eigenvalue weighted by Gasteiger charge is -2.31. The molecule has 98 valence electrons. The summed E-state index contributed by atoms with van der Waals surface area (Å²) in [6.45, 7) is 5.18. The highest BCUT2D eigenvalue weighted by atomic mass is 32.1. The second-order valence-electron chi connectivity index (χ2n) is 4.41. The van der Waals surface area contributed by atoms with Gasteiger partial charge < -0.3 is 10.0 Å². The fourth-order valence-electron chi connectivity index (χ4n) is 1.83. The van der Waals surface area contributed by atoms with E-state index in [9.17, 15) is 4.79 Å². The molecule has 5 nitrogen and oxygen atoms in total. The zero-order chi connectivity index (χ0) is 13.0. The van der Waals surface area contributed by atoms with E-state index in [4.69, 9.17) is 5.11 Å². The number of likely N-dealkylation sites (N-methyl/N-ethyl adjacent to an activating group) is 1. The summed E-state index contributed by atoms with van der Waals surface area (Å²) >= 11 is 1.55. The van der Waals surface area contributed by atoms with Gasteiger partial charge in [0, 0.05) is 43.3 Å². The zero-order valence-electron chi connectivity index (χ0n) is 10.4. The Balaban J connectivity index is 1.88. The lowest BCUT2D eigenvalue weighted by Crippen LogP contribution is -2.43. The van der Waals surface area contributed by atoms with Crippen LogP contribution < -0.4 is 0 Å². The highest BCUT2D eigenvalue weighted by molar-refractivity contribution is 7.12. The highest BCUT2D eigenvalue weighted by Gasteiger charge is 2.14. The summed E-state index contributed by atoms with van der Waals surface area (Å²) in [4.78, 5) is 20.3. The van der Waals surface area contributed by atoms with Gasteiger partial charge in [-0.25, -0.2) is 9.78 Å². The Morgan fingerprint density at radius 2 is 2.22 bits per heavy atom. The van der Waals surface area contributed by atoms with E-state index in [1.54, 1.807) is 23.6 Å². The minimum absolute atomic E-state index is 0.861. The predicted octanol–water partition coefficient (Wildman–Crippen LogP) is 0.988. The Hall–Kier alpha value is -1.24. The molecule has 6 heteroatoms. The molecule has 0 spiro atoms. The van der Waals surface area contributed by atoms with Gasteiger partial charge in [-0.2, -0.15) is 0 Å². The minimum atomic E-state index is -0.927. The molecule has 1 aliphatic heterocycles. The molecule has 0 radical (unpaired) electrons. The Morgan fingerprint density at radius 1 is 1.50 bits per heavy atom. The van der Waals surface area contributed by atoms with Crippen LogP contribution in [0.15, 0.2) is 12.3 Å². The van der Waals surface area contributed by atoms with Gasteiger partial charge in [0.25, 0.3) is 0 Å². The molecule has 1 saturated heterocycles. The molecule has 0 atom stereocenters. The summed E-state index contributed by atoms with van der Waals surface area (Å²) in [6.07, 6.45) is 4.47. The van der Waals surface area contributed by atoms with E-state index in [-0.39, 0.29) is 0 Å². The van der Waals surface area contributed by atoms with Gasteiger partial charge in [0.15, 0.2) is 0 Å². The van der Waals surface area contributed by atoms with Crippen molar-refractivity contribution in [3.05, 3.63) is 22.2 Å². The van der Waals surface area contributed by atoms with Crippen molar-refractivity contribution < 1.29 is 9.90 Å². The molecule has 1 fully saturated rings. The van der Waals surface area contributed by atoms with Crippen molar-refractivity contribution in [3.8, 4) is 0 Å². The van der Waals surface area contributed by atoms with Crippen molar-refractivity contribution in [2.24, 2.45) is 0 Å². The molecular weight excluding hydrogens is 250 g/mol. The zero-order valence-corrected chi connectivity index (χ0v) is 11.2. The van der Waals surface area contributed by atoms with Crippen molar-refractivity contribution in [2.45, 2.75) is 6.54 Å². The second-order valence-corrected chi connectivity index (χ2v) is 5.55. The van der Waals surface area contributed by atoms with Crippen LogP contribution in [-0.2, 0) is 11.3 Å². The maximum atomic E-state index is 10.4. The number of nitrogens with zero attached hydrogens (tertiary/aromatic N) is 3. The number of carboxylic acids is 1. The predicted molar refractivity (Wildman–Crippen MR) is 71.6 cm³/mol. The van der Waals surface area contributed by atoms with Crippen molar-refractivity contribution in [1.29, 1.82) is 0 Å². The van der Waals surface area contributed by atoms with Crippen LogP contribution in [0.25, 0.3) is 6.08 Å². The molecule has 0 aromatic carbocycles. The number of piperazine rings is 1. The molecular formula is C12H17N3O2S. The van der Waals surface area contributed by atoms with E-state index < -0.39 is 5.97 Å². The van der Waals surface area contributed by atoms with Crippen molar-refractivity contribution in [2.75, 3.05) is 33.2 Å². The van der Waals surface area contributed by atoms with Gasteiger partial charge in [-0.1, -0.05) is 0 Å².